The first kappa shape index (κ1) is 11.9. The van der Waals surface area contributed by atoms with Crippen LogP contribution in [0.15, 0.2) is 23.4 Å². The van der Waals surface area contributed by atoms with Crippen LogP contribution >= 0.6 is 0 Å². The van der Waals surface area contributed by atoms with E-state index in [1.165, 1.54) is 0 Å². The van der Waals surface area contributed by atoms with Crippen molar-refractivity contribution >= 4 is 11.4 Å². The van der Waals surface area contributed by atoms with Gasteiger partial charge in [0.25, 0.3) is 0 Å². The van der Waals surface area contributed by atoms with E-state index >= 15 is 0 Å². The van der Waals surface area contributed by atoms with E-state index in [0.29, 0.717) is 11.4 Å². The third-order valence-electron chi connectivity index (χ3n) is 3.13. The number of nitroso groups, excluding NO2 is 1. The Morgan fingerprint density at radius 3 is 2.53 bits per heavy atom. The molecule has 5 nitrogen and oxygen atoms in total. The smallest absolute Gasteiger partial charge is 0.151 e. The topological polar surface area (TPSA) is 45.1 Å². The molecule has 0 bridgehead atoms. The minimum atomic E-state index is 0.365. The van der Waals surface area contributed by atoms with Crippen LogP contribution in [0, 0.1) is 4.91 Å². The number of hydrogen-bond acceptors (Lipinski definition) is 5. The largest absolute Gasteiger partial charge is 0.494 e. The predicted molar refractivity (Wildman–Crippen MR) is 68.2 cm³/mol. The van der Waals surface area contributed by atoms with Gasteiger partial charge in [-0.05, 0) is 30.4 Å². The van der Waals surface area contributed by atoms with Gasteiger partial charge in [0.2, 0.25) is 0 Å². The zero-order chi connectivity index (χ0) is 12.3. The van der Waals surface area contributed by atoms with E-state index in [0.717, 1.165) is 31.9 Å². The fraction of sp³-hybridized carbons (Fsp3) is 0.500. The molecule has 1 aromatic carbocycles. The van der Waals surface area contributed by atoms with E-state index in [9.17, 15) is 4.91 Å². The fourth-order valence-corrected chi connectivity index (χ4v) is 2.01. The minimum Gasteiger partial charge on any atom is -0.494 e. The first-order valence-corrected chi connectivity index (χ1v) is 5.69. The quantitative estimate of drug-likeness (QED) is 0.750. The van der Waals surface area contributed by atoms with Crippen molar-refractivity contribution < 1.29 is 4.74 Å². The Balaban J connectivity index is 2.18. The summed E-state index contributed by atoms with van der Waals surface area (Å²) in [6.07, 6.45) is 0. The summed E-state index contributed by atoms with van der Waals surface area (Å²) in [4.78, 5) is 15.3. The Hall–Kier alpha value is -1.62. The molecule has 1 aliphatic heterocycles. The molecule has 0 aromatic heterocycles. The molecule has 5 heteroatoms. The van der Waals surface area contributed by atoms with Crippen molar-refractivity contribution in [2.75, 3.05) is 45.2 Å². The zero-order valence-electron chi connectivity index (χ0n) is 10.2. The van der Waals surface area contributed by atoms with Crippen molar-refractivity contribution in [3.05, 3.63) is 23.1 Å². The minimum absolute atomic E-state index is 0.365. The maximum absolute atomic E-state index is 10.7. The van der Waals surface area contributed by atoms with E-state index < -0.39 is 0 Å². The summed E-state index contributed by atoms with van der Waals surface area (Å²) in [7, 11) is 3.66. The number of methoxy groups -OCH3 is 1. The normalized spacial score (nSPS) is 16.9. The first-order valence-electron chi connectivity index (χ1n) is 5.69. The summed E-state index contributed by atoms with van der Waals surface area (Å²) in [5.74, 6) is 0.526. The number of piperazine rings is 1. The Morgan fingerprint density at radius 1 is 1.24 bits per heavy atom. The molecule has 0 amide bonds. The molecule has 1 saturated heterocycles. The molecule has 0 spiro atoms. The molecule has 0 aliphatic carbocycles. The van der Waals surface area contributed by atoms with Gasteiger partial charge in [0.15, 0.2) is 5.69 Å². The summed E-state index contributed by atoms with van der Waals surface area (Å²) < 4.78 is 5.08. The van der Waals surface area contributed by atoms with Gasteiger partial charge in [-0.2, -0.15) is 0 Å². The van der Waals surface area contributed by atoms with Crippen molar-refractivity contribution in [1.29, 1.82) is 0 Å². The lowest BCUT2D eigenvalue weighted by Gasteiger charge is -2.34. The number of anilines is 1. The van der Waals surface area contributed by atoms with Gasteiger partial charge < -0.3 is 14.5 Å². The molecule has 17 heavy (non-hydrogen) atoms. The number of benzene rings is 1. The number of hydrogen-bond donors (Lipinski definition) is 0. The number of rotatable bonds is 3. The monoisotopic (exact) mass is 235 g/mol. The number of likely N-dealkylation sites (N-methyl/N-ethyl adjacent to an activating group) is 1. The third kappa shape index (κ3) is 2.55. The van der Waals surface area contributed by atoms with Gasteiger partial charge in [0, 0.05) is 31.9 Å². The predicted octanol–water partition coefficient (Wildman–Crippen LogP) is 1.84. The summed E-state index contributed by atoms with van der Waals surface area (Å²) in [5, 5.41) is 3.00. The molecular weight excluding hydrogens is 218 g/mol. The molecule has 0 N–H and O–H groups in total. The molecule has 1 fully saturated rings. The van der Waals surface area contributed by atoms with Crippen molar-refractivity contribution in [2.45, 2.75) is 0 Å². The lowest BCUT2D eigenvalue weighted by atomic mass is 10.2. The van der Waals surface area contributed by atoms with Gasteiger partial charge >= 0.3 is 0 Å². The second-order valence-electron chi connectivity index (χ2n) is 4.24. The Labute approximate surface area is 101 Å². The number of ether oxygens (including phenoxy) is 1. The molecular formula is C12H17N3O2. The second-order valence-corrected chi connectivity index (χ2v) is 4.24. The van der Waals surface area contributed by atoms with E-state index in [2.05, 4.69) is 22.0 Å². The lowest BCUT2D eigenvalue weighted by molar-refractivity contribution is 0.313. The van der Waals surface area contributed by atoms with E-state index in [4.69, 9.17) is 4.74 Å². The van der Waals surface area contributed by atoms with Gasteiger partial charge in [0.05, 0.1) is 7.11 Å². The highest BCUT2D eigenvalue weighted by Crippen LogP contribution is 2.32. The standard InChI is InChI=1S/C12H17N3O2/c1-14-5-7-15(8-6-14)10-3-4-12(17-2)11(9-10)13-16/h3-4,9H,5-8H2,1-2H3. The number of nitrogens with zero attached hydrogens (tertiary/aromatic N) is 3. The third-order valence-corrected chi connectivity index (χ3v) is 3.13. The molecule has 1 aromatic rings. The van der Waals surface area contributed by atoms with Gasteiger partial charge in [-0.15, -0.1) is 4.91 Å². The van der Waals surface area contributed by atoms with Gasteiger partial charge in [-0.3, -0.25) is 0 Å². The first-order chi connectivity index (χ1) is 8.24. The van der Waals surface area contributed by atoms with E-state index in [1.54, 1.807) is 19.2 Å². The highest BCUT2D eigenvalue weighted by molar-refractivity contribution is 5.62. The summed E-state index contributed by atoms with van der Waals surface area (Å²) >= 11 is 0. The molecule has 0 saturated carbocycles. The van der Waals surface area contributed by atoms with Crippen LogP contribution in [0.4, 0.5) is 11.4 Å². The second kappa shape index (κ2) is 5.14. The van der Waals surface area contributed by atoms with Crippen LogP contribution < -0.4 is 9.64 Å². The Bertz CT molecular complexity index is 401. The SMILES string of the molecule is COc1ccc(N2CCN(C)CC2)cc1N=O. The maximum Gasteiger partial charge on any atom is 0.151 e. The average molecular weight is 235 g/mol. The highest BCUT2D eigenvalue weighted by Gasteiger charge is 2.15. The fourth-order valence-electron chi connectivity index (χ4n) is 2.01. The summed E-state index contributed by atoms with van der Waals surface area (Å²) in [6, 6.07) is 5.56. The maximum atomic E-state index is 10.7. The Morgan fingerprint density at radius 2 is 1.94 bits per heavy atom. The van der Waals surface area contributed by atoms with Crippen LogP contribution in [0.3, 0.4) is 0 Å². The molecule has 0 radical (unpaired) electrons. The van der Waals surface area contributed by atoms with Crippen LogP contribution in [-0.2, 0) is 0 Å². The summed E-state index contributed by atoms with van der Waals surface area (Å²) in [5.41, 5.74) is 1.40. The summed E-state index contributed by atoms with van der Waals surface area (Å²) in [6.45, 7) is 4.02. The van der Waals surface area contributed by atoms with Gasteiger partial charge in [0.1, 0.15) is 5.75 Å². The average Bonchev–Trinajstić information content (AvgIpc) is 2.39. The van der Waals surface area contributed by atoms with Gasteiger partial charge in [-0.1, -0.05) is 0 Å². The van der Waals surface area contributed by atoms with Crippen LogP contribution in [0.2, 0.25) is 0 Å². The van der Waals surface area contributed by atoms with E-state index in [-0.39, 0.29) is 0 Å². The molecule has 92 valence electrons. The highest BCUT2D eigenvalue weighted by atomic mass is 16.5. The van der Waals surface area contributed by atoms with Crippen molar-refractivity contribution in [1.82, 2.24) is 4.90 Å². The van der Waals surface area contributed by atoms with Crippen LogP contribution in [-0.4, -0.2) is 45.2 Å². The van der Waals surface area contributed by atoms with Crippen molar-refractivity contribution in [3.63, 3.8) is 0 Å². The molecule has 1 aliphatic rings. The van der Waals surface area contributed by atoms with Crippen LogP contribution in [0.25, 0.3) is 0 Å². The molecule has 0 unspecified atom stereocenters. The molecule has 1 heterocycles. The Kier molecular flexibility index (Phi) is 3.58. The zero-order valence-corrected chi connectivity index (χ0v) is 10.2. The molecule has 2 rings (SSSR count). The van der Waals surface area contributed by atoms with Crippen LogP contribution in [0.5, 0.6) is 5.75 Å². The van der Waals surface area contributed by atoms with Crippen LogP contribution in [0.1, 0.15) is 0 Å². The molecule has 0 atom stereocenters. The lowest BCUT2D eigenvalue weighted by Crippen LogP contribution is -2.44. The van der Waals surface area contributed by atoms with Gasteiger partial charge in [-0.25, -0.2) is 0 Å². The van der Waals surface area contributed by atoms with Crippen molar-refractivity contribution in [3.8, 4) is 5.75 Å². The van der Waals surface area contributed by atoms with E-state index in [1.807, 2.05) is 6.07 Å². The van der Waals surface area contributed by atoms with Crippen molar-refractivity contribution in [2.24, 2.45) is 5.18 Å².